The number of hydrogen-bond acceptors (Lipinski definition) is 6. The lowest BCUT2D eigenvalue weighted by Crippen LogP contribution is -2.15. The molecule has 0 aliphatic heterocycles. The van der Waals surface area contributed by atoms with Crippen LogP contribution in [0.25, 0.3) is 0 Å². The fourth-order valence-electron chi connectivity index (χ4n) is 1.45. The topological polar surface area (TPSA) is 98.9 Å². The highest BCUT2D eigenvalue weighted by atomic mass is 16.6. The molecule has 0 saturated heterocycles. The molecular formula is C12H15NO6. The highest BCUT2D eigenvalue weighted by Gasteiger charge is 2.17. The summed E-state index contributed by atoms with van der Waals surface area (Å²) in [5.74, 6) is -0.587. The van der Waals surface area contributed by atoms with Gasteiger partial charge in [0.05, 0.1) is 11.5 Å². The normalized spacial score (nSPS) is 10.0. The monoisotopic (exact) mass is 269 g/mol. The van der Waals surface area contributed by atoms with Gasteiger partial charge in [-0.15, -0.1) is 0 Å². The molecule has 0 fully saturated rings. The largest absolute Gasteiger partial charge is 0.475 e. The second-order valence-corrected chi connectivity index (χ2v) is 3.63. The third kappa shape index (κ3) is 4.55. The molecule has 104 valence electrons. The van der Waals surface area contributed by atoms with Crippen molar-refractivity contribution in [2.75, 3.05) is 19.8 Å². The summed E-state index contributed by atoms with van der Waals surface area (Å²) in [5.41, 5.74) is 0.382. The summed E-state index contributed by atoms with van der Waals surface area (Å²) in [4.78, 5) is 21.4. The van der Waals surface area contributed by atoms with E-state index in [2.05, 4.69) is 4.74 Å². The van der Waals surface area contributed by atoms with Gasteiger partial charge in [0.25, 0.3) is 0 Å². The lowest BCUT2D eigenvalue weighted by Gasteiger charge is -2.07. The molecule has 19 heavy (non-hydrogen) atoms. The van der Waals surface area contributed by atoms with E-state index < -0.39 is 10.9 Å². The van der Waals surface area contributed by atoms with Crippen molar-refractivity contribution in [2.45, 2.75) is 13.3 Å². The fourth-order valence-corrected chi connectivity index (χ4v) is 1.45. The van der Waals surface area contributed by atoms with E-state index in [-0.39, 0.29) is 31.3 Å². The van der Waals surface area contributed by atoms with Gasteiger partial charge in [0.2, 0.25) is 0 Å². The molecule has 0 aliphatic carbocycles. The zero-order chi connectivity index (χ0) is 14.3. The highest BCUT2D eigenvalue weighted by molar-refractivity contribution is 5.71. The van der Waals surface area contributed by atoms with Gasteiger partial charge in [0.15, 0.2) is 12.4 Å². The van der Waals surface area contributed by atoms with Crippen molar-refractivity contribution < 1.29 is 24.3 Å². The first kappa shape index (κ1) is 14.9. The minimum atomic E-state index is -0.596. The van der Waals surface area contributed by atoms with Gasteiger partial charge >= 0.3 is 11.7 Å². The molecule has 0 atom stereocenters. The van der Waals surface area contributed by atoms with Crippen LogP contribution in [0.3, 0.4) is 0 Å². The van der Waals surface area contributed by atoms with Gasteiger partial charge < -0.3 is 14.6 Å². The minimum Gasteiger partial charge on any atom is -0.475 e. The summed E-state index contributed by atoms with van der Waals surface area (Å²) >= 11 is 0. The third-order valence-corrected chi connectivity index (χ3v) is 2.27. The Bertz CT molecular complexity index is 460. The van der Waals surface area contributed by atoms with Crippen molar-refractivity contribution in [1.82, 2.24) is 0 Å². The minimum absolute atomic E-state index is 0.000238. The molecule has 0 bridgehead atoms. The Morgan fingerprint density at radius 2 is 2.21 bits per heavy atom. The molecule has 0 amide bonds. The third-order valence-electron chi connectivity index (χ3n) is 2.27. The van der Waals surface area contributed by atoms with Gasteiger partial charge in [-0.1, -0.05) is 6.07 Å². The van der Waals surface area contributed by atoms with Crippen LogP contribution in [0.15, 0.2) is 18.2 Å². The maximum atomic E-state index is 11.1. The number of esters is 1. The predicted octanol–water partition coefficient (Wildman–Crippen LogP) is 1.07. The van der Waals surface area contributed by atoms with E-state index in [0.717, 1.165) is 0 Å². The van der Waals surface area contributed by atoms with E-state index in [9.17, 15) is 14.9 Å². The molecule has 0 aromatic heterocycles. The van der Waals surface area contributed by atoms with Crippen LogP contribution in [0.4, 0.5) is 5.69 Å². The number of ether oxygens (including phenoxy) is 2. The van der Waals surface area contributed by atoms with Gasteiger partial charge in [-0.2, -0.15) is 0 Å². The number of hydrogen-bond donors (Lipinski definition) is 1. The van der Waals surface area contributed by atoms with Gasteiger partial charge in [-0.25, -0.2) is 4.79 Å². The van der Waals surface area contributed by atoms with Crippen molar-refractivity contribution in [3.63, 3.8) is 0 Å². The Balaban J connectivity index is 2.82. The van der Waals surface area contributed by atoms with Crippen molar-refractivity contribution in [3.8, 4) is 5.75 Å². The molecule has 0 saturated carbocycles. The number of aliphatic hydroxyl groups is 1. The molecule has 0 spiro atoms. The molecule has 0 aliphatic rings. The maximum Gasteiger partial charge on any atom is 0.344 e. The molecule has 1 aromatic carbocycles. The molecule has 1 aromatic rings. The lowest BCUT2D eigenvalue weighted by molar-refractivity contribution is -0.385. The molecule has 1 rings (SSSR count). The van der Waals surface area contributed by atoms with Crippen molar-refractivity contribution >= 4 is 11.7 Å². The number of benzene rings is 1. The average molecular weight is 269 g/mol. The van der Waals surface area contributed by atoms with Crippen molar-refractivity contribution in [2.24, 2.45) is 0 Å². The number of rotatable bonds is 7. The summed E-state index contributed by atoms with van der Waals surface area (Å²) in [6.07, 6.45) is 0.318. The Morgan fingerprint density at radius 3 is 2.79 bits per heavy atom. The van der Waals surface area contributed by atoms with Crippen molar-refractivity contribution in [1.29, 1.82) is 0 Å². The highest BCUT2D eigenvalue weighted by Crippen LogP contribution is 2.28. The molecule has 0 radical (unpaired) electrons. The maximum absolute atomic E-state index is 11.1. The van der Waals surface area contributed by atoms with Crippen molar-refractivity contribution in [3.05, 3.63) is 33.9 Å². The number of aliphatic hydroxyl groups excluding tert-OH is 1. The molecule has 7 nitrogen and oxygen atoms in total. The van der Waals surface area contributed by atoms with Crippen LogP contribution in [0.2, 0.25) is 0 Å². The predicted molar refractivity (Wildman–Crippen MR) is 66.0 cm³/mol. The summed E-state index contributed by atoms with van der Waals surface area (Å²) in [6, 6.07) is 4.32. The van der Waals surface area contributed by atoms with Gasteiger partial charge in [-0.3, -0.25) is 10.1 Å². The van der Waals surface area contributed by atoms with E-state index >= 15 is 0 Å². The number of carbonyl (C=O) groups excluding carboxylic acids is 1. The first-order chi connectivity index (χ1) is 9.08. The Labute approximate surface area is 109 Å². The standard InChI is InChI=1S/C12H15NO6/c1-2-18-12(15)8-19-11-4-3-9(5-6-14)7-10(11)13(16)17/h3-4,7,14H,2,5-6,8H2,1H3. The second kappa shape index (κ2) is 7.32. The van der Waals surface area contributed by atoms with E-state index in [1.807, 2.05) is 0 Å². The van der Waals surface area contributed by atoms with Crippen LogP contribution in [0.1, 0.15) is 12.5 Å². The zero-order valence-electron chi connectivity index (χ0n) is 10.5. The lowest BCUT2D eigenvalue weighted by atomic mass is 10.1. The Hall–Kier alpha value is -2.15. The van der Waals surface area contributed by atoms with E-state index in [4.69, 9.17) is 9.84 Å². The fraction of sp³-hybridized carbons (Fsp3) is 0.417. The smallest absolute Gasteiger partial charge is 0.344 e. The SMILES string of the molecule is CCOC(=O)COc1ccc(CCO)cc1[N+](=O)[O-]. The van der Waals surface area contributed by atoms with Crippen LogP contribution in [-0.4, -0.2) is 35.8 Å². The van der Waals surface area contributed by atoms with E-state index in [1.54, 1.807) is 13.0 Å². The van der Waals surface area contributed by atoms with Crippen LogP contribution in [-0.2, 0) is 16.0 Å². The number of nitro benzene ring substituents is 1. The Morgan fingerprint density at radius 1 is 1.47 bits per heavy atom. The summed E-state index contributed by atoms with van der Waals surface area (Å²) < 4.78 is 9.73. The van der Waals surface area contributed by atoms with Crippen LogP contribution < -0.4 is 4.74 Å². The zero-order valence-corrected chi connectivity index (χ0v) is 10.5. The van der Waals surface area contributed by atoms with E-state index in [1.165, 1.54) is 12.1 Å². The van der Waals surface area contributed by atoms with E-state index in [0.29, 0.717) is 12.0 Å². The number of nitro groups is 1. The number of carbonyl (C=O) groups is 1. The molecule has 0 heterocycles. The summed E-state index contributed by atoms with van der Waals surface area (Å²) in [7, 11) is 0. The average Bonchev–Trinajstić information content (AvgIpc) is 2.37. The molecule has 7 heteroatoms. The molecule has 0 unspecified atom stereocenters. The van der Waals surface area contributed by atoms with Crippen LogP contribution in [0, 0.1) is 10.1 Å². The molecule has 1 N–H and O–H groups in total. The second-order valence-electron chi connectivity index (χ2n) is 3.63. The van der Waals surface area contributed by atoms with Crippen LogP contribution in [0.5, 0.6) is 5.75 Å². The van der Waals surface area contributed by atoms with Gasteiger partial charge in [-0.05, 0) is 25.0 Å². The number of nitrogens with zero attached hydrogens (tertiary/aromatic N) is 1. The first-order valence-corrected chi connectivity index (χ1v) is 5.75. The van der Waals surface area contributed by atoms with Crippen LogP contribution >= 0.6 is 0 Å². The summed E-state index contributed by atoms with van der Waals surface area (Å²) in [5, 5.41) is 19.7. The van der Waals surface area contributed by atoms with Gasteiger partial charge in [0, 0.05) is 12.7 Å². The molecular weight excluding hydrogens is 254 g/mol. The summed E-state index contributed by atoms with van der Waals surface area (Å²) in [6.45, 7) is 1.40. The first-order valence-electron chi connectivity index (χ1n) is 5.75. The van der Waals surface area contributed by atoms with Gasteiger partial charge in [0.1, 0.15) is 0 Å². The quantitative estimate of drug-likeness (QED) is 0.451. The Kier molecular flexibility index (Phi) is 5.74.